The molecule has 0 aliphatic heterocycles. The van der Waals surface area contributed by atoms with Crippen molar-refractivity contribution < 1.29 is 4.79 Å². The van der Waals surface area contributed by atoms with Crippen LogP contribution in [0.2, 0.25) is 0 Å². The predicted octanol–water partition coefficient (Wildman–Crippen LogP) is 2.78. The molecule has 0 aliphatic carbocycles. The van der Waals surface area contributed by atoms with Crippen LogP contribution in [0.5, 0.6) is 0 Å². The quantitative estimate of drug-likeness (QED) is 0.488. The standard InChI is InChI=1S/C21H20N6O2/c1-13-7-6-8-14(2)18(13)24-17(28)12-22-21-25-19-16(20(29)26-21)11-23-27(19)15-9-4-3-5-10-15/h3-11H,12H2,1-2H3,(H,24,28)(H2,22,25,26,29). The summed E-state index contributed by atoms with van der Waals surface area (Å²) in [6.07, 6.45) is 1.48. The van der Waals surface area contributed by atoms with Crippen LogP contribution in [0.25, 0.3) is 16.7 Å². The monoisotopic (exact) mass is 388 g/mol. The van der Waals surface area contributed by atoms with Gasteiger partial charge in [-0.05, 0) is 37.1 Å². The number of H-pyrrole nitrogens is 1. The number of aryl methyl sites for hydroxylation is 2. The molecule has 1 amide bonds. The van der Waals surface area contributed by atoms with Gasteiger partial charge in [-0.15, -0.1) is 0 Å². The highest BCUT2D eigenvalue weighted by molar-refractivity contribution is 5.95. The van der Waals surface area contributed by atoms with Crippen LogP contribution in [0.4, 0.5) is 11.6 Å². The Kier molecular flexibility index (Phi) is 4.82. The summed E-state index contributed by atoms with van der Waals surface area (Å²) in [6.45, 7) is 3.84. The minimum absolute atomic E-state index is 0.0400. The second kappa shape index (κ2) is 7.59. The second-order valence-corrected chi connectivity index (χ2v) is 6.71. The zero-order valence-electron chi connectivity index (χ0n) is 16.1. The topological polar surface area (TPSA) is 105 Å². The lowest BCUT2D eigenvalue weighted by Gasteiger charge is -2.12. The third-order valence-corrected chi connectivity index (χ3v) is 4.60. The van der Waals surface area contributed by atoms with E-state index in [1.54, 1.807) is 4.68 Å². The molecule has 2 heterocycles. The van der Waals surface area contributed by atoms with Gasteiger partial charge in [0.15, 0.2) is 5.65 Å². The molecular weight excluding hydrogens is 368 g/mol. The largest absolute Gasteiger partial charge is 0.347 e. The molecule has 3 N–H and O–H groups in total. The Balaban J connectivity index is 1.55. The second-order valence-electron chi connectivity index (χ2n) is 6.71. The molecule has 0 saturated carbocycles. The fourth-order valence-electron chi connectivity index (χ4n) is 3.12. The van der Waals surface area contributed by atoms with Crippen LogP contribution in [0.3, 0.4) is 0 Å². The van der Waals surface area contributed by atoms with E-state index in [-0.39, 0.29) is 24.0 Å². The summed E-state index contributed by atoms with van der Waals surface area (Å²) in [5.74, 6) is -0.0291. The van der Waals surface area contributed by atoms with Crippen molar-refractivity contribution in [2.24, 2.45) is 0 Å². The molecule has 0 aliphatic rings. The summed E-state index contributed by atoms with van der Waals surface area (Å²) >= 11 is 0. The van der Waals surface area contributed by atoms with Crippen LogP contribution in [-0.4, -0.2) is 32.2 Å². The Morgan fingerprint density at radius 1 is 1.07 bits per heavy atom. The Hall–Kier alpha value is -3.94. The van der Waals surface area contributed by atoms with E-state index in [0.29, 0.717) is 11.0 Å². The molecule has 8 nitrogen and oxygen atoms in total. The lowest BCUT2D eigenvalue weighted by atomic mass is 10.1. The van der Waals surface area contributed by atoms with E-state index in [4.69, 9.17) is 0 Å². The van der Waals surface area contributed by atoms with Gasteiger partial charge in [0.1, 0.15) is 5.39 Å². The molecule has 4 rings (SSSR count). The van der Waals surface area contributed by atoms with Crippen LogP contribution >= 0.6 is 0 Å². The van der Waals surface area contributed by atoms with Gasteiger partial charge in [0, 0.05) is 5.69 Å². The molecular formula is C21H20N6O2. The number of aromatic amines is 1. The van der Waals surface area contributed by atoms with Gasteiger partial charge in [0.2, 0.25) is 11.9 Å². The molecule has 146 valence electrons. The maximum absolute atomic E-state index is 12.4. The highest BCUT2D eigenvalue weighted by atomic mass is 16.2. The minimum atomic E-state index is -0.324. The maximum atomic E-state index is 12.4. The van der Waals surface area contributed by atoms with E-state index in [0.717, 1.165) is 22.5 Å². The average Bonchev–Trinajstić information content (AvgIpc) is 3.14. The van der Waals surface area contributed by atoms with Crippen LogP contribution in [0.15, 0.2) is 59.5 Å². The molecule has 0 saturated heterocycles. The Morgan fingerprint density at radius 3 is 2.52 bits per heavy atom. The number of nitrogens with one attached hydrogen (secondary N) is 3. The van der Waals surface area contributed by atoms with E-state index < -0.39 is 0 Å². The van der Waals surface area contributed by atoms with Gasteiger partial charge in [-0.2, -0.15) is 10.1 Å². The lowest BCUT2D eigenvalue weighted by molar-refractivity contribution is -0.114. The van der Waals surface area contributed by atoms with Gasteiger partial charge in [0.25, 0.3) is 5.56 Å². The summed E-state index contributed by atoms with van der Waals surface area (Å²) < 4.78 is 1.59. The first kappa shape index (κ1) is 18.4. The van der Waals surface area contributed by atoms with Crippen molar-refractivity contribution in [2.45, 2.75) is 13.8 Å². The Morgan fingerprint density at radius 2 is 1.79 bits per heavy atom. The summed E-state index contributed by atoms with van der Waals surface area (Å²) in [5.41, 5.74) is 3.64. The van der Waals surface area contributed by atoms with Crippen LogP contribution in [-0.2, 0) is 4.79 Å². The summed E-state index contributed by atoms with van der Waals surface area (Å²) in [7, 11) is 0. The fraction of sp³-hybridized carbons (Fsp3) is 0.143. The van der Waals surface area contributed by atoms with Crippen molar-refractivity contribution in [3.8, 4) is 5.69 Å². The number of rotatable bonds is 5. The van der Waals surface area contributed by atoms with E-state index in [1.165, 1.54) is 6.20 Å². The van der Waals surface area contributed by atoms with Crippen molar-refractivity contribution in [3.05, 3.63) is 76.2 Å². The van der Waals surface area contributed by atoms with Gasteiger partial charge in [-0.25, -0.2) is 4.68 Å². The van der Waals surface area contributed by atoms with Crippen molar-refractivity contribution >= 4 is 28.6 Å². The minimum Gasteiger partial charge on any atom is -0.347 e. The number of carbonyl (C=O) groups is 1. The smallest absolute Gasteiger partial charge is 0.263 e. The number of benzene rings is 2. The molecule has 29 heavy (non-hydrogen) atoms. The number of anilines is 2. The van der Waals surface area contributed by atoms with Crippen LogP contribution < -0.4 is 16.2 Å². The van der Waals surface area contributed by atoms with Gasteiger partial charge in [-0.3, -0.25) is 14.6 Å². The lowest BCUT2D eigenvalue weighted by Crippen LogP contribution is -2.24. The molecule has 8 heteroatoms. The molecule has 2 aromatic carbocycles. The SMILES string of the molecule is Cc1cccc(C)c1NC(=O)CNc1nc2c(cnn2-c2ccccc2)c(=O)[nH]1. The number of aromatic nitrogens is 4. The predicted molar refractivity (Wildman–Crippen MR) is 113 cm³/mol. The Bertz CT molecular complexity index is 1220. The van der Waals surface area contributed by atoms with E-state index in [2.05, 4.69) is 25.7 Å². The molecule has 0 fully saturated rings. The van der Waals surface area contributed by atoms with Gasteiger partial charge >= 0.3 is 0 Å². The molecule has 0 radical (unpaired) electrons. The zero-order valence-corrected chi connectivity index (χ0v) is 16.1. The summed E-state index contributed by atoms with van der Waals surface area (Å²) in [4.78, 5) is 31.8. The fourth-order valence-corrected chi connectivity index (χ4v) is 3.12. The molecule has 2 aromatic heterocycles. The first-order valence-electron chi connectivity index (χ1n) is 9.16. The first-order chi connectivity index (χ1) is 14.0. The number of fused-ring (bicyclic) bond motifs is 1. The molecule has 4 aromatic rings. The van der Waals surface area contributed by atoms with Crippen molar-refractivity contribution in [2.75, 3.05) is 17.2 Å². The van der Waals surface area contributed by atoms with Crippen LogP contribution in [0.1, 0.15) is 11.1 Å². The number of hydrogen-bond acceptors (Lipinski definition) is 5. The van der Waals surface area contributed by atoms with Gasteiger partial charge < -0.3 is 10.6 Å². The highest BCUT2D eigenvalue weighted by Crippen LogP contribution is 2.19. The molecule has 0 spiro atoms. The number of nitrogens with zero attached hydrogens (tertiary/aromatic N) is 3. The van der Waals surface area contributed by atoms with Crippen molar-refractivity contribution in [3.63, 3.8) is 0 Å². The Labute approximate surface area is 166 Å². The highest BCUT2D eigenvalue weighted by Gasteiger charge is 2.12. The third kappa shape index (κ3) is 3.73. The first-order valence-corrected chi connectivity index (χ1v) is 9.16. The average molecular weight is 388 g/mol. The summed E-state index contributed by atoms with van der Waals surface area (Å²) in [5, 5.41) is 10.4. The van der Waals surface area contributed by atoms with E-state index in [1.807, 2.05) is 62.4 Å². The number of carbonyl (C=O) groups excluding carboxylic acids is 1. The maximum Gasteiger partial charge on any atom is 0.263 e. The van der Waals surface area contributed by atoms with Crippen LogP contribution in [0, 0.1) is 13.8 Å². The van der Waals surface area contributed by atoms with Crippen molar-refractivity contribution in [1.82, 2.24) is 19.7 Å². The van der Waals surface area contributed by atoms with E-state index in [9.17, 15) is 9.59 Å². The zero-order chi connectivity index (χ0) is 20.4. The number of amides is 1. The number of hydrogen-bond donors (Lipinski definition) is 3. The molecule has 0 bridgehead atoms. The third-order valence-electron chi connectivity index (χ3n) is 4.60. The number of para-hydroxylation sites is 2. The molecule has 0 unspecified atom stereocenters. The van der Waals surface area contributed by atoms with Gasteiger partial charge in [0.05, 0.1) is 18.4 Å². The normalized spacial score (nSPS) is 10.8. The van der Waals surface area contributed by atoms with E-state index >= 15 is 0 Å². The summed E-state index contributed by atoms with van der Waals surface area (Å²) in [6, 6.07) is 15.2. The molecule has 0 atom stereocenters. The van der Waals surface area contributed by atoms with Crippen molar-refractivity contribution in [1.29, 1.82) is 0 Å². The van der Waals surface area contributed by atoms with Gasteiger partial charge in [-0.1, -0.05) is 36.4 Å².